The van der Waals surface area contributed by atoms with Gasteiger partial charge in [-0.05, 0) is 32.1 Å². The van der Waals surface area contributed by atoms with Crippen molar-refractivity contribution in [3.63, 3.8) is 0 Å². The number of carbonyl (C=O) groups excluding carboxylic acids is 2. The summed E-state index contributed by atoms with van der Waals surface area (Å²) in [7, 11) is 0. The molecule has 1 aliphatic heterocycles. The fourth-order valence-electron chi connectivity index (χ4n) is 2.35. The van der Waals surface area contributed by atoms with Gasteiger partial charge in [0.25, 0.3) is 0 Å². The Morgan fingerprint density at radius 1 is 1.12 bits per heavy atom. The smallest absolute Gasteiger partial charge is 0.222 e. The second kappa shape index (κ2) is 7.46. The molecule has 0 spiro atoms. The van der Waals surface area contributed by atoms with Crippen LogP contribution in [-0.2, 0) is 9.59 Å². The lowest BCUT2D eigenvalue weighted by Crippen LogP contribution is -2.49. The lowest BCUT2D eigenvalue weighted by atomic mass is 9.94. The SMILES string of the molecule is CCCC1CN(C(=O)CCCCCC(C)=O)C1. The molecule has 3 nitrogen and oxygen atoms in total. The van der Waals surface area contributed by atoms with E-state index in [2.05, 4.69) is 6.92 Å². The molecule has 0 unspecified atom stereocenters. The Morgan fingerprint density at radius 3 is 2.35 bits per heavy atom. The van der Waals surface area contributed by atoms with Crippen LogP contribution in [0.4, 0.5) is 0 Å². The highest BCUT2D eigenvalue weighted by atomic mass is 16.2. The second-order valence-corrected chi connectivity index (χ2v) is 5.22. The van der Waals surface area contributed by atoms with E-state index in [9.17, 15) is 9.59 Å². The van der Waals surface area contributed by atoms with Crippen molar-refractivity contribution in [2.45, 2.75) is 58.8 Å². The van der Waals surface area contributed by atoms with E-state index in [1.807, 2.05) is 4.90 Å². The molecule has 1 heterocycles. The minimum Gasteiger partial charge on any atom is -0.342 e. The molecule has 0 aromatic heterocycles. The molecule has 1 saturated heterocycles. The highest BCUT2D eigenvalue weighted by molar-refractivity contribution is 5.77. The third-order valence-corrected chi connectivity index (χ3v) is 3.43. The minimum absolute atomic E-state index is 0.251. The van der Waals surface area contributed by atoms with Gasteiger partial charge < -0.3 is 9.69 Å². The van der Waals surface area contributed by atoms with E-state index in [0.717, 1.165) is 38.3 Å². The molecular weight excluding hydrogens is 214 g/mol. The second-order valence-electron chi connectivity index (χ2n) is 5.22. The maximum Gasteiger partial charge on any atom is 0.222 e. The van der Waals surface area contributed by atoms with Crippen LogP contribution in [0.15, 0.2) is 0 Å². The third kappa shape index (κ3) is 5.33. The Hall–Kier alpha value is -0.860. The van der Waals surface area contributed by atoms with Crippen molar-refractivity contribution in [2.75, 3.05) is 13.1 Å². The van der Waals surface area contributed by atoms with Gasteiger partial charge in [-0.25, -0.2) is 0 Å². The molecule has 0 aliphatic carbocycles. The van der Waals surface area contributed by atoms with Crippen molar-refractivity contribution in [2.24, 2.45) is 5.92 Å². The quantitative estimate of drug-likeness (QED) is 0.611. The molecule has 0 aromatic rings. The van der Waals surface area contributed by atoms with E-state index >= 15 is 0 Å². The van der Waals surface area contributed by atoms with Gasteiger partial charge in [-0.1, -0.05) is 19.8 Å². The molecule has 0 saturated carbocycles. The maximum atomic E-state index is 11.7. The van der Waals surface area contributed by atoms with Crippen LogP contribution in [0.25, 0.3) is 0 Å². The Balaban J connectivity index is 1.97. The van der Waals surface area contributed by atoms with Crippen molar-refractivity contribution in [1.82, 2.24) is 4.90 Å². The zero-order chi connectivity index (χ0) is 12.7. The van der Waals surface area contributed by atoms with Crippen LogP contribution in [0.5, 0.6) is 0 Å². The van der Waals surface area contributed by atoms with Crippen LogP contribution in [0.2, 0.25) is 0 Å². The van der Waals surface area contributed by atoms with Gasteiger partial charge >= 0.3 is 0 Å². The maximum absolute atomic E-state index is 11.7. The number of hydrogen-bond donors (Lipinski definition) is 0. The molecule has 0 radical (unpaired) electrons. The molecule has 1 rings (SSSR count). The van der Waals surface area contributed by atoms with Crippen molar-refractivity contribution in [3.05, 3.63) is 0 Å². The van der Waals surface area contributed by atoms with Gasteiger partial charge in [-0.2, -0.15) is 0 Å². The summed E-state index contributed by atoms with van der Waals surface area (Å²) in [5.74, 6) is 1.31. The summed E-state index contributed by atoms with van der Waals surface area (Å²) in [6.07, 6.45) is 6.66. The van der Waals surface area contributed by atoms with Crippen molar-refractivity contribution in [1.29, 1.82) is 0 Å². The Bertz CT molecular complexity index is 257. The van der Waals surface area contributed by atoms with Crippen LogP contribution in [0, 0.1) is 5.92 Å². The summed E-state index contributed by atoms with van der Waals surface area (Å²) >= 11 is 0. The van der Waals surface area contributed by atoms with Crippen LogP contribution in [0.1, 0.15) is 58.8 Å². The molecule has 1 aliphatic rings. The van der Waals surface area contributed by atoms with E-state index in [1.54, 1.807) is 6.92 Å². The summed E-state index contributed by atoms with van der Waals surface area (Å²) in [6.45, 7) is 5.76. The summed E-state index contributed by atoms with van der Waals surface area (Å²) in [6, 6.07) is 0. The normalized spacial score (nSPS) is 15.8. The molecule has 17 heavy (non-hydrogen) atoms. The van der Waals surface area contributed by atoms with E-state index in [1.165, 1.54) is 12.8 Å². The Kier molecular flexibility index (Phi) is 6.23. The fourth-order valence-corrected chi connectivity index (χ4v) is 2.35. The van der Waals surface area contributed by atoms with Crippen molar-refractivity contribution in [3.8, 4) is 0 Å². The number of likely N-dealkylation sites (tertiary alicyclic amines) is 1. The first-order valence-electron chi connectivity index (χ1n) is 6.90. The number of Topliss-reactive ketones (excluding diaryl/α,β-unsaturated/α-hetero) is 1. The van der Waals surface area contributed by atoms with Gasteiger partial charge in [-0.3, -0.25) is 4.79 Å². The largest absolute Gasteiger partial charge is 0.342 e. The lowest BCUT2D eigenvalue weighted by Gasteiger charge is -2.39. The first-order chi connectivity index (χ1) is 8.13. The van der Waals surface area contributed by atoms with Gasteiger partial charge in [-0.15, -0.1) is 0 Å². The third-order valence-electron chi connectivity index (χ3n) is 3.43. The Labute approximate surface area is 105 Å². The highest BCUT2D eigenvalue weighted by Gasteiger charge is 2.28. The van der Waals surface area contributed by atoms with Gasteiger partial charge in [0.2, 0.25) is 5.91 Å². The lowest BCUT2D eigenvalue weighted by molar-refractivity contribution is -0.137. The average molecular weight is 239 g/mol. The molecule has 1 amide bonds. The zero-order valence-electron chi connectivity index (χ0n) is 11.2. The first-order valence-corrected chi connectivity index (χ1v) is 6.90. The molecule has 0 atom stereocenters. The summed E-state index contributed by atoms with van der Waals surface area (Å²) in [4.78, 5) is 24.4. The topological polar surface area (TPSA) is 37.4 Å². The molecule has 3 heteroatoms. The molecule has 0 N–H and O–H groups in total. The number of hydrogen-bond acceptors (Lipinski definition) is 2. The minimum atomic E-state index is 0.251. The van der Waals surface area contributed by atoms with Crippen LogP contribution >= 0.6 is 0 Å². The number of nitrogens with zero attached hydrogens (tertiary/aromatic N) is 1. The van der Waals surface area contributed by atoms with E-state index in [0.29, 0.717) is 18.7 Å². The average Bonchev–Trinajstić information content (AvgIpc) is 2.21. The van der Waals surface area contributed by atoms with Crippen LogP contribution in [0.3, 0.4) is 0 Å². The number of rotatable bonds is 8. The van der Waals surface area contributed by atoms with Crippen LogP contribution < -0.4 is 0 Å². The van der Waals surface area contributed by atoms with Crippen molar-refractivity contribution >= 4 is 11.7 Å². The van der Waals surface area contributed by atoms with Gasteiger partial charge in [0, 0.05) is 25.9 Å². The van der Waals surface area contributed by atoms with Gasteiger partial charge in [0.05, 0.1) is 0 Å². The summed E-state index contributed by atoms with van der Waals surface area (Å²) in [5, 5.41) is 0. The van der Waals surface area contributed by atoms with Gasteiger partial charge in [0.15, 0.2) is 0 Å². The molecule has 98 valence electrons. The van der Waals surface area contributed by atoms with E-state index in [4.69, 9.17) is 0 Å². The standard InChI is InChI=1S/C14H25NO2/c1-3-7-13-10-15(11-13)14(17)9-6-4-5-8-12(2)16/h13H,3-11H2,1-2H3. The predicted octanol–water partition coefficient (Wildman–Crippen LogP) is 2.78. The highest BCUT2D eigenvalue weighted by Crippen LogP contribution is 2.21. The fraction of sp³-hybridized carbons (Fsp3) is 0.857. The van der Waals surface area contributed by atoms with E-state index in [-0.39, 0.29) is 5.78 Å². The van der Waals surface area contributed by atoms with Crippen LogP contribution in [-0.4, -0.2) is 29.7 Å². The van der Waals surface area contributed by atoms with E-state index < -0.39 is 0 Å². The number of unbranched alkanes of at least 4 members (excludes halogenated alkanes) is 2. The zero-order valence-corrected chi connectivity index (χ0v) is 11.2. The van der Waals surface area contributed by atoms with Gasteiger partial charge in [0.1, 0.15) is 5.78 Å². The molecule has 0 aromatic carbocycles. The Morgan fingerprint density at radius 2 is 1.76 bits per heavy atom. The summed E-state index contributed by atoms with van der Waals surface area (Å²) in [5.41, 5.74) is 0. The number of ketones is 1. The number of carbonyl (C=O) groups is 2. The first kappa shape index (κ1) is 14.2. The molecule has 0 bridgehead atoms. The summed E-state index contributed by atoms with van der Waals surface area (Å²) < 4.78 is 0. The molecule has 1 fully saturated rings. The molecular formula is C14H25NO2. The monoisotopic (exact) mass is 239 g/mol. The predicted molar refractivity (Wildman–Crippen MR) is 68.7 cm³/mol. The van der Waals surface area contributed by atoms with Crippen molar-refractivity contribution < 1.29 is 9.59 Å². The number of amides is 1.